The van der Waals surface area contributed by atoms with Crippen molar-refractivity contribution in [2.75, 3.05) is 13.1 Å². The quantitative estimate of drug-likeness (QED) is 0.259. The third kappa shape index (κ3) is 6.12. The molecule has 7 nitrogen and oxygen atoms in total. The summed E-state index contributed by atoms with van der Waals surface area (Å²) in [5, 5.41) is 12.8. The van der Waals surface area contributed by atoms with Crippen molar-refractivity contribution >= 4 is 28.8 Å². The lowest BCUT2D eigenvalue weighted by Gasteiger charge is -2.27. The summed E-state index contributed by atoms with van der Waals surface area (Å²) in [6, 6.07) is 18.9. The van der Waals surface area contributed by atoms with Gasteiger partial charge in [0.05, 0.1) is 11.5 Å². The van der Waals surface area contributed by atoms with E-state index in [1.807, 2.05) is 47.8 Å². The molecule has 164 valence electrons. The van der Waals surface area contributed by atoms with E-state index in [0.29, 0.717) is 13.1 Å². The number of hydrogen-bond donors (Lipinski definition) is 0. The molecule has 0 aliphatic carbocycles. The van der Waals surface area contributed by atoms with Crippen molar-refractivity contribution in [3.05, 3.63) is 111 Å². The Morgan fingerprint density at radius 3 is 2.28 bits per heavy atom. The number of carbonyl (C=O) groups excluding carboxylic acids is 2. The minimum Gasteiger partial charge on any atom is -0.332 e. The van der Waals surface area contributed by atoms with Gasteiger partial charge in [0.2, 0.25) is 5.91 Å². The largest absolute Gasteiger partial charge is 0.332 e. The topological polar surface area (TPSA) is 83.8 Å². The number of nitro benzene ring substituents is 1. The molecule has 0 atom stereocenters. The molecule has 3 rings (SSSR count). The zero-order chi connectivity index (χ0) is 22.9. The van der Waals surface area contributed by atoms with E-state index in [1.54, 1.807) is 22.3 Å². The lowest BCUT2D eigenvalue weighted by atomic mass is 10.1. The SMILES string of the molecule is C=CCN(CC(=O)N(Cc1ccccc1)Cc1cccs1)C(=O)c1ccc([N+](=O)[O-])cc1. The fraction of sp³-hybridized carbons (Fsp3) is 0.167. The highest BCUT2D eigenvalue weighted by molar-refractivity contribution is 7.09. The summed E-state index contributed by atoms with van der Waals surface area (Å²) in [6.45, 7) is 4.61. The lowest BCUT2D eigenvalue weighted by molar-refractivity contribution is -0.384. The van der Waals surface area contributed by atoms with E-state index >= 15 is 0 Å². The van der Waals surface area contributed by atoms with Gasteiger partial charge in [-0.1, -0.05) is 42.5 Å². The number of carbonyl (C=O) groups is 2. The molecular formula is C24H23N3O4S. The van der Waals surface area contributed by atoms with E-state index in [-0.39, 0.29) is 36.2 Å². The molecule has 0 radical (unpaired) electrons. The maximum absolute atomic E-state index is 13.3. The van der Waals surface area contributed by atoms with E-state index in [9.17, 15) is 19.7 Å². The first-order valence-corrected chi connectivity index (χ1v) is 10.8. The van der Waals surface area contributed by atoms with Gasteiger partial charge in [0.25, 0.3) is 11.6 Å². The smallest absolute Gasteiger partial charge is 0.269 e. The highest BCUT2D eigenvalue weighted by Gasteiger charge is 2.23. The molecule has 2 amide bonds. The maximum atomic E-state index is 13.3. The first-order chi connectivity index (χ1) is 15.5. The fourth-order valence-electron chi connectivity index (χ4n) is 3.17. The Kier molecular flexibility index (Phi) is 7.88. The van der Waals surface area contributed by atoms with Crippen LogP contribution in [-0.4, -0.2) is 39.6 Å². The van der Waals surface area contributed by atoms with Crippen molar-refractivity contribution < 1.29 is 14.5 Å². The van der Waals surface area contributed by atoms with Gasteiger partial charge >= 0.3 is 0 Å². The summed E-state index contributed by atoms with van der Waals surface area (Å²) in [4.78, 5) is 40.7. The summed E-state index contributed by atoms with van der Waals surface area (Å²) in [7, 11) is 0. The van der Waals surface area contributed by atoms with Crippen molar-refractivity contribution in [2.45, 2.75) is 13.1 Å². The van der Waals surface area contributed by atoms with Gasteiger partial charge in [-0.05, 0) is 29.1 Å². The van der Waals surface area contributed by atoms with Crippen LogP contribution < -0.4 is 0 Å². The van der Waals surface area contributed by atoms with Crippen molar-refractivity contribution in [2.24, 2.45) is 0 Å². The Bertz CT molecular complexity index is 1070. The number of nitrogens with zero attached hydrogens (tertiary/aromatic N) is 3. The second kappa shape index (κ2) is 11.0. The van der Waals surface area contributed by atoms with Gasteiger partial charge in [0.1, 0.15) is 6.54 Å². The van der Waals surface area contributed by atoms with Crippen molar-refractivity contribution in [1.29, 1.82) is 0 Å². The molecule has 0 aliphatic heterocycles. The molecule has 3 aromatic rings. The number of benzene rings is 2. The van der Waals surface area contributed by atoms with Gasteiger partial charge in [-0.2, -0.15) is 0 Å². The minimum atomic E-state index is -0.522. The van der Waals surface area contributed by atoms with E-state index < -0.39 is 4.92 Å². The van der Waals surface area contributed by atoms with Crippen LogP contribution in [0.4, 0.5) is 5.69 Å². The molecule has 0 N–H and O–H groups in total. The normalized spacial score (nSPS) is 10.4. The van der Waals surface area contributed by atoms with Crippen molar-refractivity contribution in [3.8, 4) is 0 Å². The van der Waals surface area contributed by atoms with Crippen molar-refractivity contribution in [3.63, 3.8) is 0 Å². The molecule has 2 aromatic carbocycles. The second-order valence-corrected chi connectivity index (χ2v) is 8.13. The monoisotopic (exact) mass is 449 g/mol. The summed E-state index contributed by atoms with van der Waals surface area (Å²) in [5.41, 5.74) is 1.17. The maximum Gasteiger partial charge on any atom is 0.269 e. The summed E-state index contributed by atoms with van der Waals surface area (Å²) in [5.74, 6) is -0.580. The summed E-state index contributed by atoms with van der Waals surface area (Å²) < 4.78 is 0. The van der Waals surface area contributed by atoms with E-state index in [0.717, 1.165) is 10.4 Å². The van der Waals surface area contributed by atoms with E-state index in [2.05, 4.69) is 6.58 Å². The predicted molar refractivity (Wildman–Crippen MR) is 124 cm³/mol. The zero-order valence-corrected chi connectivity index (χ0v) is 18.2. The molecule has 8 heteroatoms. The average Bonchev–Trinajstić information content (AvgIpc) is 3.32. The summed E-state index contributed by atoms with van der Waals surface area (Å²) in [6.07, 6.45) is 1.55. The van der Waals surface area contributed by atoms with Crippen LogP contribution in [0.2, 0.25) is 0 Å². The van der Waals surface area contributed by atoms with Crippen LogP contribution in [0.3, 0.4) is 0 Å². The number of hydrogen-bond acceptors (Lipinski definition) is 5. The molecule has 0 unspecified atom stereocenters. The number of rotatable bonds is 10. The van der Waals surface area contributed by atoms with Crippen molar-refractivity contribution in [1.82, 2.24) is 9.80 Å². The average molecular weight is 450 g/mol. The molecule has 32 heavy (non-hydrogen) atoms. The Hall–Kier alpha value is -3.78. The van der Waals surface area contributed by atoms with Gasteiger partial charge in [-0.25, -0.2) is 0 Å². The Morgan fingerprint density at radius 1 is 0.969 bits per heavy atom. The van der Waals surface area contributed by atoms with Crippen LogP contribution in [0, 0.1) is 10.1 Å². The standard InChI is InChI=1S/C24H23N3O4S/c1-2-14-25(24(29)20-10-12-21(13-11-20)27(30)31)18-23(28)26(17-22-9-6-15-32-22)16-19-7-4-3-5-8-19/h2-13,15H,1,14,16-18H2. The highest BCUT2D eigenvalue weighted by atomic mass is 32.1. The third-order valence-corrected chi connectivity index (χ3v) is 5.64. The lowest BCUT2D eigenvalue weighted by Crippen LogP contribution is -2.42. The van der Waals surface area contributed by atoms with Crippen LogP contribution in [0.5, 0.6) is 0 Å². The zero-order valence-electron chi connectivity index (χ0n) is 17.4. The van der Waals surface area contributed by atoms with E-state index in [1.165, 1.54) is 29.2 Å². The second-order valence-electron chi connectivity index (χ2n) is 7.09. The van der Waals surface area contributed by atoms with E-state index in [4.69, 9.17) is 0 Å². The predicted octanol–water partition coefficient (Wildman–Crippen LogP) is 4.51. The molecule has 1 aromatic heterocycles. The molecule has 1 heterocycles. The van der Waals surface area contributed by atoms with Gasteiger partial charge in [0.15, 0.2) is 0 Å². The first-order valence-electron chi connectivity index (χ1n) is 9.96. The van der Waals surface area contributed by atoms with Crippen LogP contribution in [0.1, 0.15) is 20.8 Å². The third-order valence-electron chi connectivity index (χ3n) is 4.78. The first kappa shape index (κ1) is 22.9. The van der Waals surface area contributed by atoms with Gasteiger partial charge in [-0.15, -0.1) is 17.9 Å². The Morgan fingerprint density at radius 2 is 1.69 bits per heavy atom. The van der Waals surface area contributed by atoms with Crippen LogP contribution in [0.15, 0.2) is 84.8 Å². The van der Waals surface area contributed by atoms with Crippen LogP contribution >= 0.6 is 11.3 Å². The molecule has 0 bridgehead atoms. The Labute approximate surface area is 190 Å². The number of amides is 2. The number of thiophene rings is 1. The Balaban J connectivity index is 1.77. The van der Waals surface area contributed by atoms with Crippen LogP contribution in [-0.2, 0) is 17.9 Å². The van der Waals surface area contributed by atoms with Gasteiger partial charge < -0.3 is 9.80 Å². The van der Waals surface area contributed by atoms with Gasteiger partial charge in [0, 0.05) is 35.7 Å². The summed E-state index contributed by atoms with van der Waals surface area (Å²) >= 11 is 1.57. The van der Waals surface area contributed by atoms with Crippen LogP contribution in [0.25, 0.3) is 0 Å². The highest BCUT2D eigenvalue weighted by Crippen LogP contribution is 2.17. The van der Waals surface area contributed by atoms with Gasteiger partial charge in [-0.3, -0.25) is 19.7 Å². The molecule has 0 saturated heterocycles. The molecule has 0 aliphatic rings. The molecule has 0 fully saturated rings. The molecular weight excluding hydrogens is 426 g/mol. The molecule has 0 saturated carbocycles. The minimum absolute atomic E-state index is 0.0992. The number of non-ortho nitro benzene ring substituents is 1. The fourth-order valence-corrected chi connectivity index (χ4v) is 3.89. The number of nitro groups is 1. The molecule has 0 spiro atoms.